The molecule has 5 nitrogen and oxygen atoms in total. The maximum Gasteiger partial charge on any atom is 0.356 e. The summed E-state index contributed by atoms with van der Waals surface area (Å²) in [5, 5.41) is 1.00. The first-order valence-corrected chi connectivity index (χ1v) is 10.5. The van der Waals surface area contributed by atoms with Crippen molar-refractivity contribution >= 4 is 16.9 Å². The molecule has 0 amide bonds. The Morgan fingerprint density at radius 3 is 2.12 bits per heavy atom. The summed E-state index contributed by atoms with van der Waals surface area (Å²) in [5.74, 6) is -0.443. The van der Waals surface area contributed by atoms with Crippen molar-refractivity contribution in [3.05, 3.63) is 114 Å². The number of nitrogens with zero attached hydrogens (tertiary/aromatic N) is 3. The van der Waals surface area contributed by atoms with Crippen LogP contribution in [0.3, 0.4) is 0 Å². The predicted molar refractivity (Wildman–Crippen MR) is 126 cm³/mol. The SMILES string of the molecule is COC(=O)c1cc2c(ccn2Cc2ccccc2)c(-c2cccn2Cc2ccccc2)n1. The molecule has 0 fully saturated rings. The van der Waals surface area contributed by atoms with Crippen molar-refractivity contribution in [2.24, 2.45) is 0 Å². The van der Waals surface area contributed by atoms with E-state index >= 15 is 0 Å². The lowest BCUT2D eigenvalue weighted by molar-refractivity contribution is 0.0594. The van der Waals surface area contributed by atoms with Crippen LogP contribution in [0.4, 0.5) is 0 Å². The molecule has 3 heterocycles. The fraction of sp³-hybridized carbons (Fsp3) is 0.111. The second-order valence-corrected chi connectivity index (χ2v) is 7.72. The molecule has 5 rings (SSSR count). The van der Waals surface area contributed by atoms with Gasteiger partial charge in [-0.05, 0) is 35.4 Å². The molecule has 0 saturated heterocycles. The van der Waals surface area contributed by atoms with E-state index < -0.39 is 5.97 Å². The Morgan fingerprint density at radius 1 is 0.812 bits per heavy atom. The average Bonchev–Trinajstić information content (AvgIpc) is 3.46. The molecule has 3 aromatic heterocycles. The van der Waals surface area contributed by atoms with Gasteiger partial charge in [-0.2, -0.15) is 0 Å². The summed E-state index contributed by atoms with van der Waals surface area (Å²) in [6.07, 6.45) is 4.09. The lowest BCUT2D eigenvalue weighted by atomic mass is 10.1. The summed E-state index contributed by atoms with van der Waals surface area (Å²) >= 11 is 0. The van der Waals surface area contributed by atoms with Crippen molar-refractivity contribution in [2.75, 3.05) is 7.11 Å². The number of benzene rings is 2. The molecule has 0 unspecified atom stereocenters. The standard InChI is InChI=1S/C27H23N3O2/c1-32-27(31)23-17-25-22(14-16-30(25)19-21-11-6-3-7-12-21)26(28-23)24-13-8-15-29(24)18-20-9-4-2-5-10-20/h2-17H,18-19H2,1H3. The van der Waals surface area contributed by atoms with E-state index in [1.165, 1.54) is 18.2 Å². The molecule has 158 valence electrons. The van der Waals surface area contributed by atoms with Gasteiger partial charge in [-0.25, -0.2) is 9.78 Å². The lowest BCUT2D eigenvalue weighted by Gasteiger charge is -2.12. The molecule has 0 spiro atoms. The van der Waals surface area contributed by atoms with Crippen molar-refractivity contribution in [3.8, 4) is 11.4 Å². The first-order chi connectivity index (χ1) is 15.7. The molecule has 0 saturated carbocycles. The largest absolute Gasteiger partial charge is 0.464 e. The minimum atomic E-state index is -0.443. The second-order valence-electron chi connectivity index (χ2n) is 7.72. The van der Waals surface area contributed by atoms with Crippen LogP contribution in [0.2, 0.25) is 0 Å². The van der Waals surface area contributed by atoms with Gasteiger partial charge in [0.05, 0.1) is 24.0 Å². The van der Waals surface area contributed by atoms with E-state index in [9.17, 15) is 4.79 Å². The Hall–Kier alpha value is -4.12. The number of hydrogen-bond acceptors (Lipinski definition) is 3. The summed E-state index contributed by atoms with van der Waals surface area (Å²) < 4.78 is 9.31. The topological polar surface area (TPSA) is 49.0 Å². The van der Waals surface area contributed by atoms with Crippen molar-refractivity contribution < 1.29 is 9.53 Å². The Morgan fingerprint density at radius 2 is 1.47 bits per heavy atom. The third kappa shape index (κ3) is 3.81. The average molecular weight is 422 g/mol. The molecule has 0 bridgehead atoms. The minimum absolute atomic E-state index is 0.301. The Kier molecular flexibility index (Phi) is 5.30. The number of carbonyl (C=O) groups is 1. The second kappa shape index (κ2) is 8.55. The number of esters is 1. The molecular formula is C27H23N3O2. The lowest BCUT2D eigenvalue weighted by Crippen LogP contribution is -2.08. The number of carbonyl (C=O) groups excluding carboxylic acids is 1. The van der Waals surface area contributed by atoms with Gasteiger partial charge in [0.1, 0.15) is 0 Å². The highest BCUT2D eigenvalue weighted by Crippen LogP contribution is 2.30. The van der Waals surface area contributed by atoms with E-state index in [1.54, 1.807) is 0 Å². The summed E-state index contributed by atoms with van der Waals surface area (Å²) in [6, 6.07) is 28.5. The summed E-state index contributed by atoms with van der Waals surface area (Å²) in [7, 11) is 1.38. The molecule has 0 atom stereocenters. The number of fused-ring (bicyclic) bond motifs is 1. The third-order valence-corrected chi connectivity index (χ3v) is 5.63. The van der Waals surface area contributed by atoms with Crippen LogP contribution < -0.4 is 0 Å². The normalized spacial score (nSPS) is 11.0. The van der Waals surface area contributed by atoms with Gasteiger partial charge in [-0.1, -0.05) is 60.7 Å². The molecular weight excluding hydrogens is 398 g/mol. The number of methoxy groups -OCH3 is 1. The number of ether oxygens (including phenoxy) is 1. The quantitative estimate of drug-likeness (QED) is 0.346. The zero-order chi connectivity index (χ0) is 21.9. The predicted octanol–water partition coefficient (Wildman–Crippen LogP) is 5.39. The molecule has 0 aliphatic rings. The van der Waals surface area contributed by atoms with Gasteiger partial charge >= 0.3 is 5.97 Å². The Labute approximate surface area is 186 Å². The molecule has 0 radical (unpaired) electrons. The molecule has 0 aliphatic heterocycles. The zero-order valence-corrected chi connectivity index (χ0v) is 17.8. The molecule has 32 heavy (non-hydrogen) atoms. The molecule has 5 aromatic rings. The van der Waals surface area contributed by atoms with Crippen molar-refractivity contribution in [3.63, 3.8) is 0 Å². The van der Waals surface area contributed by atoms with Crippen LogP contribution in [0, 0.1) is 0 Å². The van der Waals surface area contributed by atoms with Gasteiger partial charge in [0.15, 0.2) is 5.69 Å². The van der Waals surface area contributed by atoms with Gasteiger partial charge in [-0.15, -0.1) is 0 Å². The molecule has 2 aromatic carbocycles. The van der Waals surface area contributed by atoms with Crippen LogP contribution >= 0.6 is 0 Å². The van der Waals surface area contributed by atoms with Gasteiger partial charge in [0, 0.05) is 30.9 Å². The summed E-state index contributed by atoms with van der Waals surface area (Å²) in [5.41, 5.74) is 5.38. The van der Waals surface area contributed by atoms with Crippen molar-refractivity contribution in [2.45, 2.75) is 13.1 Å². The smallest absolute Gasteiger partial charge is 0.356 e. The first-order valence-electron chi connectivity index (χ1n) is 10.5. The van der Waals surface area contributed by atoms with Crippen LogP contribution in [0.15, 0.2) is 97.3 Å². The van der Waals surface area contributed by atoms with Gasteiger partial charge < -0.3 is 13.9 Å². The number of pyridine rings is 1. The van der Waals surface area contributed by atoms with E-state index in [4.69, 9.17) is 9.72 Å². The van der Waals surface area contributed by atoms with E-state index in [1.807, 2.05) is 67.0 Å². The number of rotatable bonds is 6. The molecule has 0 N–H and O–H groups in total. The van der Waals surface area contributed by atoms with E-state index in [2.05, 4.69) is 39.5 Å². The van der Waals surface area contributed by atoms with E-state index in [0.717, 1.165) is 28.8 Å². The fourth-order valence-corrected chi connectivity index (χ4v) is 4.06. The zero-order valence-electron chi connectivity index (χ0n) is 17.8. The summed E-state index contributed by atoms with van der Waals surface area (Å²) in [6.45, 7) is 1.43. The third-order valence-electron chi connectivity index (χ3n) is 5.63. The van der Waals surface area contributed by atoms with Crippen molar-refractivity contribution in [1.29, 1.82) is 0 Å². The maximum absolute atomic E-state index is 12.4. The Balaban J connectivity index is 1.63. The number of aromatic nitrogens is 3. The van der Waals surface area contributed by atoms with Crippen molar-refractivity contribution in [1.82, 2.24) is 14.1 Å². The van der Waals surface area contributed by atoms with Crippen LogP contribution in [0.5, 0.6) is 0 Å². The van der Waals surface area contributed by atoms with Crippen LogP contribution in [-0.2, 0) is 17.8 Å². The minimum Gasteiger partial charge on any atom is -0.464 e. The van der Waals surface area contributed by atoms with Gasteiger partial charge in [0.25, 0.3) is 0 Å². The fourth-order valence-electron chi connectivity index (χ4n) is 4.06. The highest BCUT2D eigenvalue weighted by Gasteiger charge is 2.18. The van der Waals surface area contributed by atoms with E-state index in [0.29, 0.717) is 12.2 Å². The molecule has 0 aliphatic carbocycles. The highest BCUT2D eigenvalue weighted by molar-refractivity contribution is 5.98. The maximum atomic E-state index is 12.4. The first kappa shape index (κ1) is 19.8. The van der Waals surface area contributed by atoms with Crippen LogP contribution in [0.25, 0.3) is 22.3 Å². The van der Waals surface area contributed by atoms with Gasteiger partial charge in [-0.3, -0.25) is 0 Å². The Bertz CT molecular complexity index is 1370. The van der Waals surface area contributed by atoms with Crippen LogP contribution in [0.1, 0.15) is 21.6 Å². The summed E-state index contributed by atoms with van der Waals surface area (Å²) in [4.78, 5) is 17.2. The number of hydrogen-bond donors (Lipinski definition) is 0. The van der Waals surface area contributed by atoms with Gasteiger partial charge in [0.2, 0.25) is 0 Å². The highest BCUT2D eigenvalue weighted by atomic mass is 16.5. The monoisotopic (exact) mass is 421 g/mol. The van der Waals surface area contributed by atoms with E-state index in [-0.39, 0.29) is 0 Å². The molecule has 5 heteroatoms. The van der Waals surface area contributed by atoms with Crippen LogP contribution in [-0.4, -0.2) is 27.2 Å².